The van der Waals surface area contributed by atoms with Crippen LogP contribution in [0.4, 0.5) is 5.69 Å². The first-order chi connectivity index (χ1) is 9.28. The summed E-state index contributed by atoms with van der Waals surface area (Å²) in [7, 11) is -3.85. The zero-order chi connectivity index (χ0) is 14.9. The minimum Gasteiger partial charge on any atom is -0.279 e. The van der Waals surface area contributed by atoms with E-state index in [1.54, 1.807) is 0 Å². The highest BCUT2D eigenvalue weighted by atomic mass is 35.5. The van der Waals surface area contributed by atoms with Crippen molar-refractivity contribution in [1.82, 2.24) is 0 Å². The van der Waals surface area contributed by atoms with Crippen LogP contribution in [-0.4, -0.2) is 8.42 Å². The first-order valence-electron chi connectivity index (χ1n) is 5.22. The average molecular weight is 371 g/mol. The van der Waals surface area contributed by atoms with Gasteiger partial charge in [0.25, 0.3) is 10.0 Å². The van der Waals surface area contributed by atoms with Crippen LogP contribution in [-0.2, 0) is 10.0 Å². The van der Waals surface area contributed by atoms with Crippen molar-refractivity contribution < 1.29 is 8.42 Å². The van der Waals surface area contributed by atoms with Crippen LogP contribution < -0.4 is 4.72 Å². The number of nitrogens with one attached hydrogen (secondary N) is 1. The Hall–Kier alpha value is -0.650. The van der Waals surface area contributed by atoms with Crippen LogP contribution in [0, 0.1) is 0 Å². The summed E-state index contributed by atoms with van der Waals surface area (Å²) in [5, 5.41) is 1.01. The summed E-state index contributed by atoms with van der Waals surface area (Å²) in [6, 6.07) is 8.48. The first-order valence-corrected chi connectivity index (χ1v) is 8.21. The molecule has 0 aromatic heterocycles. The summed E-state index contributed by atoms with van der Waals surface area (Å²) in [4.78, 5) is -0.0836. The predicted octanol–water partition coefficient (Wildman–Crippen LogP) is 5.10. The fourth-order valence-corrected chi connectivity index (χ4v) is 3.86. The van der Waals surface area contributed by atoms with E-state index in [1.807, 2.05) is 0 Å². The van der Waals surface area contributed by atoms with Crippen molar-refractivity contribution in [3.8, 4) is 0 Å². The van der Waals surface area contributed by atoms with E-state index in [1.165, 1.54) is 36.4 Å². The second-order valence-corrected chi connectivity index (χ2v) is 7.21. The maximum absolute atomic E-state index is 12.2. The minimum absolute atomic E-state index is 0.0260. The third kappa shape index (κ3) is 3.71. The normalized spacial score (nSPS) is 11.4. The molecule has 0 fully saturated rings. The summed E-state index contributed by atoms with van der Waals surface area (Å²) >= 11 is 23.2. The molecule has 0 aliphatic carbocycles. The highest BCUT2D eigenvalue weighted by Crippen LogP contribution is 2.28. The highest BCUT2D eigenvalue weighted by molar-refractivity contribution is 7.92. The number of rotatable bonds is 3. The van der Waals surface area contributed by atoms with E-state index in [2.05, 4.69) is 4.72 Å². The Morgan fingerprint density at radius 1 is 0.800 bits per heavy atom. The lowest BCUT2D eigenvalue weighted by Gasteiger charge is -2.10. The molecule has 0 saturated heterocycles. The summed E-state index contributed by atoms with van der Waals surface area (Å²) in [5.74, 6) is 0. The van der Waals surface area contributed by atoms with Gasteiger partial charge in [-0.25, -0.2) is 8.42 Å². The van der Waals surface area contributed by atoms with Gasteiger partial charge in [-0.15, -0.1) is 0 Å². The Kier molecular flexibility index (Phi) is 4.72. The first kappa shape index (κ1) is 15.7. The summed E-state index contributed by atoms with van der Waals surface area (Å²) in [6.07, 6.45) is 0. The van der Waals surface area contributed by atoms with E-state index in [0.29, 0.717) is 15.1 Å². The molecule has 0 aliphatic rings. The van der Waals surface area contributed by atoms with Crippen LogP contribution in [0.2, 0.25) is 20.1 Å². The van der Waals surface area contributed by atoms with E-state index in [4.69, 9.17) is 46.4 Å². The van der Waals surface area contributed by atoms with E-state index >= 15 is 0 Å². The van der Waals surface area contributed by atoms with Gasteiger partial charge in [0.05, 0.1) is 10.7 Å². The van der Waals surface area contributed by atoms with Gasteiger partial charge in [-0.05, 0) is 36.4 Å². The van der Waals surface area contributed by atoms with Gasteiger partial charge in [0, 0.05) is 15.1 Å². The Balaban J connectivity index is 2.40. The number of sulfonamides is 1. The monoisotopic (exact) mass is 369 g/mol. The zero-order valence-electron chi connectivity index (χ0n) is 9.70. The number of benzene rings is 2. The van der Waals surface area contributed by atoms with Gasteiger partial charge in [0.1, 0.15) is 4.90 Å². The highest BCUT2D eigenvalue weighted by Gasteiger charge is 2.18. The van der Waals surface area contributed by atoms with Gasteiger partial charge in [0.15, 0.2) is 0 Å². The van der Waals surface area contributed by atoms with Crippen LogP contribution in [0.3, 0.4) is 0 Å². The second-order valence-electron chi connectivity index (χ2n) is 3.84. The molecular weight excluding hydrogens is 364 g/mol. The lowest BCUT2D eigenvalue weighted by atomic mass is 10.3. The molecule has 0 spiro atoms. The van der Waals surface area contributed by atoms with E-state index in [-0.39, 0.29) is 15.6 Å². The van der Waals surface area contributed by atoms with Crippen LogP contribution in [0.15, 0.2) is 41.3 Å². The van der Waals surface area contributed by atoms with Crippen molar-refractivity contribution in [2.75, 3.05) is 4.72 Å². The van der Waals surface area contributed by atoms with Crippen molar-refractivity contribution >= 4 is 62.1 Å². The lowest BCUT2D eigenvalue weighted by Crippen LogP contribution is -2.13. The topological polar surface area (TPSA) is 46.2 Å². The standard InChI is InChI=1S/C12H7Cl4NO2S/c13-7-1-2-12(11(16)6-7)20(18,19)17-10-4-8(14)3-9(15)5-10/h1-6,17H. The molecular formula is C12H7Cl4NO2S. The lowest BCUT2D eigenvalue weighted by molar-refractivity contribution is 0.601. The third-order valence-corrected chi connectivity index (χ3v) is 4.83. The van der Waals surface area contributed by atoms with Gasteiger partial charge < -0.3 is 0 Å². The molecule has 0 radical (unpaired) electrons. The van der Waals surface area contributed by atoms with Crippen molar-refractivity contribution in [3.05, 3.63) is 56.5 Å². The van der Waals surface area contributed by atoms with Crippen molar-refractivity contribution in [1.29, 1.82) is 0 Å². The molecule has 8 heteroatoms. The molecule has 20 heavy (non-hydrogen) atoms. The van der Waals surface area contributed by atoms with E-state index in [9.17, 15) is 8.42 Å². The van der Waals surface area contributed by atoms with E-state index < -0.39 is 10.0 Å². The molecule has 0 amide bonds. The molecule has 0 saturated carbocycles. The van der Waals surface area contributed by atoms with Gasteiger partial charge in [0.2, 0.25) is 0 Å². The molecule has 2 aromatic carbocycles. The van der Waals surface area contributed by atoms with Crippen LogP contribution in [0.5, 0.6) is 0 Å². The predicted molar refractivity (Wildman–Crippen MR) is 83.7 cm³/mol. The average Bonchev–Trinajstić information content (AvgIpc) is 2.25. The molecule has 0 atom stereocenters. The van der Waals surface area contributed by atoms with Gasteiger partial charge >= 0.3 is 0 Å². The number of anilines is 1. The van der Waals surface area contributed by atoms with Crippen molar-refractivity contribution in [3.63, 3.8) is 0 Å². The maximum Gasteiger partial charge on any atom is 0.263 e. The van der Waals surface area contributed by atoms with Crippen LogP contribution in [0.25, 0.3) is 0 Å². The van der Waals surface area contributed by atoms with Crippen LogP contribution in [0.1, 0.15) is 0 Å². The molecule has 2 aromatic rings. The van der Waals surface area contributed by atoms with Crippen molar-refractivity contribution in [2.24, 2.45) is 0 Å². The summed E-state index contributed by atoms with van der Waals surface area (Å²) < 4.78 is 26.8. The smallest absolute Gasteiger partial charge is 0.263 e. The van der Waals surface area contributed by atoms with Crippen molar-refractivity contribution in [2.45, 2.75) is 4.90 Å². The molecule has 106 valence electrons. The zero-order valence-corrected chi connectivity index (χ0v) is 13.5. The Morgan fingerprint density at radius 2 is 1.40 bits per heavy atom. The molecule has 0 aliphatic heterocycles. The van der Waals surface area contributed by atoms with Crippen LogP contribution >= 0.6 is 46.4 Å². The third-order valence-electron chi connectivity index (χ3n) is 2.30. The maximum atomic E-state index is 12.2. The van der Waals surface area contributed by atoms with Gasteiger partial charge in [-0.3, -0.25) is 4.72 Å². The fraction of sp³-hybridized carbons (Fsp3) is 0. The number of hydrogen-bond acceptors (Lipinski definition) is 2. The molecule has 2 rings (SSSR count). The fourth-order valence-electron chi connectivity index (χ4n) is 1.52. The molecule has 0 unspecified atom stereocenters. The molecule has 0 bridgehead atoms. The molecule has 0 heterocycles. The Labute approximate surface area is 136 Å². The Morgan fingerprint density at radius 3 is 1.95 bits per heavy atom. The number of hydrogen-bond donors (Lipinski definition) is 1. The summed E-state index contributed by atoms with van der Waals surface area (Å²) in [6.45, 7) is 0. The van der Waals surface area contributed by atoms with Gasteiger partial charge in [-0.1, -0.05) is 46.4 Å². The minimum atomic E-state index is -3.85. The SMILES string of the molecule is O=S(=O)(Nc1cc(Cl)cc(Cl)c1)c1ccc(Cl)cc1Cl. The Bertz CT molecular complexity index is 742. The summed E-state index contributed by atoms with van der Waals surface area (Å²) in [5.41, 5.74) is 0.244. The van der Waals surface area contributed by atoms with E-state index in [0.717, 1.165) is 0 Å². The molecule has 3 nitrogen and oxygen atoms in total. The van der Waals surface area contributed by atoms with Gasteiger partial charge in [-0.2, -0.15) is 0 Å². The molecule has 1 N–H and O–H groups in total. The largest absolute Gasteiger partial charge is 0.279 e. The number of halogens is 4. The quantitative estimate of drug-likeness (QED) is 0.816. The second kappa shape index (κ2) is 6.00.